The number of nitrogens with one attached hydrogen (secondary N) is 2. The number of rotatable bonds is 6. The molecule has 1 unspecified atom stereocenters. The van der Waals surface area contributed by atoms with Gasteiger partial charge in [0.15, 0.2) is 0 Å². The van der Waals surface area contributed by atoms with Crippen LogP contribution in [0.4, 0.5) is 37.7 Å². The SMILES string of the molecule is Cn1sc(=O)c2cc(S(=O)(=O)Nc3ccccc3NS(=O)c3cc(C(F)(F)F)cc(C(F)(F)F)c3)ccc21. The van der Waals surface area contributed by atoms with E-state index in [9.17, 15) is 43.8 Å². The minimum Gasteiger partial charge on any atom is -0.299 e. The minimum absolute atomic E-state index is 0.0968. The van der Waals surface area contributed by atoms with Crippen LogP contribution in [0.3, 0.4) is 0 Å². The van der Waals surface area contributed by atoms with E-state index in [1.54, 1.807) is 11.0 Å². The summed E-state index contributed by atoms with van der Waals surface area (Å²) in [7, 11) is -5.34. The lowest BCUT2D eigenvalue weighted by Gasteiger charge is -2.16. The molecule has 3 aromatic carbocycles. The molecule has 0 bridgehead atoms. The number of hydrogen-bond donors (Lipinski definition) is 2. The molecule has 0 saturated carbocycles. The molecule has 38 heavy (non-hydrogen) atoms. The number of sulfonamides is 1. The lowest BCUT2D eigenvalue weighted by Crippen LogP contribution is -2.16. The molecule has 0 aliphatic heterocycles. The van der Waals surface area contributed by atoms with Crippen LogP contribution in [-0.2, 0) is 40.4 Å². The molecule has 2 N–H and O–H groups in total. The zero-order chi connectivity index (χ0) is 28.0. The highest BCUT2D eigenvalue weighted by Gasteiger charge is 2.37. The predicted molar refractivity (Wildman–Crippen MR) is 131 cm³/mol. The average molecular weight is 596 g/mol. The highest BCUT2D eigenvalue weighted by atomic mass is 32.2. The molecule has 1 heterocycles. The normalized spacial score (nSPS) is 13.4. The number of benzene rings is 3. The van der Waals surface area contributed by atoms with Crippen molar-refractivity contribution in [2.45, 2.75) is 22.1 Å². The van der Waals surface area contributed by atoms with Crippen molar-refractivity contribution < 1.29 is 39.0 Å². The van der Waals surface area contributed by atoms with Crippen molar-refractivity contribution in [3.05, 3.63) is 81.3 Å². The summed E-state index contributed by atoms with van der Waals surface area (Å²) < 4.78 is 124. The Kier molecular flexibility index (Phi) is 7.09. The fourth-order valence-electron chi connectivity index (χ4n) is 3.40. The largest absolute Gasteiger partial charge is 0.416 e. The molecule has 0 fully saturated rings. The van der Waals surface area contributed by atoms with Crippen LogP contribution in [-0.4, -0.2) is 16.6 Å². The molecule has 16 heteroatoms. The molecule has 0 amide bonds. The van der Waals surface area contributed by atoms with Gasteiger partial charge in [-0.1, -0.05) is 12.1 Å². The standard InChI is InChI=1S/C22H15F6N3O4S3/c1-31-19-7-6-15(11-16(19)20(32)36-31)38(34,35)30-18-5-3-2-4-17(18)29-37(33)14-9-12(21(23,24)25)8-13(10-14)22(26,27)28/h2-11,29-30H,1H3. The highest BCUT2D eigenvalue weighted by molar-refractivity contribution is 7.92. The number of aryl methyl sites for hydroxylation is 1. The van der Waals surface area contributed by atoms with Crippen molar-refractivity contribution in [2.24, 2.45) is 7.05 Å². The van der Waals surface area contributed by atoms with Crippen molar-refractivity contribution in [2.75, 3.05) is 9.44 Å². The van der Waals surface area contributed by atoms with Gasteiger partial charge in [0.05, 0.1) is 43.2 Å². The van der Waals surface area contributed by atoms with Crippen LogP contribution in [0.5, 0.6) is 0 Å². The van der Waals surface area contributed by atoms with Crippen LogP contribution in [0, 0.1) is 0 Å². The Labute approximate surface area is 217 Å². The Balaban J connectivity index is 1.67. The van der Waals surface area contributed by atoms with Crippen molar-refractivity contribution in [1.82, 2.24) is 3.96 Å². The van der Waals surface area contributed by atoms with Crippen molar-refractivity contribution in [3.8, 4) is 0 Å². The average Bonchev–Trinajstić information content (AvgIpc) is 3.11. The van der Waals surface area contributed by atoms with Gasteiger partial charge in [0.2, 0.25) is 0 Å². The fourth-order valence-corrected chi connectivity index (χ4v) is 6.24. The van der Waals surface area contributed by atoms with Gasteiger partial charge in [-0.05, 0) is 60.1 Å². The van der Waals surface area contributed by atoms with Gasteiger partial charge in [-0.3, -0.25) is 18.2 Å². The van der Waals surface area contributed by atoms with Gasteiger partial charge >= 0.3 is 12.4 Å². The molecular weight excluding hydrogens is 580 g/mol. The van der Waals surface area contributed by atoms with Crippen molar-refractivity contribution in [1.29, 1.82) is 0 Å². The number of hydrogen-bond acceptors (Lipinski definition) is 5. The number of anilines is 2. The summed E-state index contributed by atoms with van der Waals surface area (Å²) in [6.45, 7) is 0. The lowest BCUT2D eigenvalue weighted by atomic mass is 10.1. The number of para-hydroxylation sites is 2. The first-order valence-corrected chi connectivity index (χ1v) is 13.7. The molecule has 1 atom stereocenters. The molecular formula is C22H15F6N3O4S3. The van der Waals surface area contributed by atoms with E-state index in [4.69, 9.17) is 0 Å². The smallest absolute Gasteiger partial charge is 0.299 e. The maximum absolute atomic E-state index is 13.2. The monoisotopic (exact) mass is 595 g/mol. The Morgan fingerprint density at radius 1 is 0.868 bits per heavy atom. The first-order valence-electron chi connectivity index (χ1n) is 10.3. The van der Waals surface area contributed by atoms with E-state index in [2.05, 4.69) is 9.44 Å². The second kappa shape index (κ2) is 9.74. The zero-order valence-corrected chi connectivity index (χ0v) is 21.3. The molecule has 4 aromatic rings. The summed E-state index contributed by atoms with van der Waals surface area (Å²) in [6, 6.07) is 9.63. The number of halogens is 6. The van der Waals surface area contributed by atoms with Crippen molar-refractivity contribution >= 4 is 54.8 Å². The molecule has 0 saturated heterocycles. The third-order valence-electron chi connectivity index (χ3n) is 5.21. The van der Waals surface area contributed by atoms with Crippen LogP contribution in [0.15, 0.2) is 75.2 Å². The Bertz CT molecular complexity index is 1690. The molecule has 0 radical (unpaired) electrons. The quantitative estimate of drug-likeness (QED) is 0.285. The molecule has 4 rings (SSSR count). The molecule has 0 aliphatic carbocycles. The van der Waals surface area contributed by atoms with E-state index in [0.717, 1.165) is 11.5 Å². The van der Waals surface area contributed by atoms with Crippen LogP contribution >= 0.6 is 11.5 Å². The van der Waals surface area contributed by atoms with Crippen LogP contribution in [0.2, 0.25) is 0 Å². The third kappa shape index (κ3) is 5.71. The number of fused-ring (bicyclic) bond motifs is 1. The van der Waals surface area contributed by atoms with Gasteiger partial charge in [0.25, 0.3) is 14.8 Å². The summed E-state index contributed by atoms with van der Waals surface area (Å²) in [6.07, 6.45) is -10.3. The van der Waals surface area contributed by atoms with Gasteiger partial charge in [0, 0.05) is 7.05 Å². The number of alkyl halides is 6. The van der Waals surface area contributed by atoms with E-state index < -0.39 is 49.4 Å². The van der Waals surface area contributed by atoms with E-state index in [1.165, 1.54) is 42.5 Å². The highest BCUT2D eigenvalue weighted by Crippen LogP contribution is 2.37. The van der Waals surface area contributed by atoms with Gasteiger partial charge in [0.1, 0.15) is 11.0 Å². The second-order valence-electron chi connectivity index (χ2n) is 7.82. The minimum atomic E-state index is -5.14. The summed E-state index contributed by atoms with van der Waals surface area (Å²) in [4.78, 5) is 11.0. The number of nitrogens with zero attached hydrogens (tertiary/aromatic N) is 1. The van der Waals surface area contributed by atoms with Crippen LogP contribution in [0.1, 0.15) is 11.1 Å². The van der Waals surface area contributed by atoms with E-state index in [1.807, 2.05) is 0 Å². The Morgan fingerprint density at radius 3 is 2.03 bits per heavy atom. The van der Waals surface area contributed by atoms with E-state index >= 15 is 0 Å². The molecule has 0 spiro atoms. The summed E-state index contributed by atoms with van der Waals surface area (Å²) >= 11 is 0.879. The maximum atomic E-state index is 13.2. The first-order chi connectivity index (χ1) is 17.6. The third-order valence-corrected chi connectivity index (χ3v) is 8.50. The maximum Gasteiger partial charge on any atom is 0.416 e. The van der Waals surface area contributed by atoms with E-state index in [-0.39, 0.29) is 32.5 Å². The number of aromatic nitrogens is 1. The van der Waals surface area contributed by atoms with Crippen LogP contribution < -0.4 is 14.2 Å². The van der Waals surface area contributed by atoms with Gasteiger partial charge < -0.3 is 0 Å². The predicted octanol–water partition coefficient (Wildman–Crippen LogP) is 5.57. The molecule has 0 aliphatic rings. The second-order valence-corrected chi connectivity index (χ2v) is 11.8. The zero-order valence-electron chi connectivity index (χ0n) is 18.8. The van der Waals surface area contributed by atoms with Gasteiger partial charge in [-0.15, -0.1) is 0 Å². The van der Waals surface area contributed by atoms with Gasteiger partial charge in [-0.2, -0.15) is 26.3 Å². The fraction of sp³-hybridized carbons (Fsp3) is 0.136. The summed E-state index contributed by atoms with van der Waals surface area (Å²) in [5.74, 6) is 0. The Morgan fingerprint density at radius 2 is 1.45 bits per heavy atom. The lowest BCUT2D eigenvalue weighted by molar-refractivity contribution is -0.143. The summed E-state index contributed by atoms with van der Waals surface area (Å²) in [5, 5.41) is 0.165. The molecule has 1 aromatic heterocycles. The van der Waals surface area contributed by atoms with Gasteiger partial charge in [-0.25, -0.2) is 12.6 Å². The van der Waals surface area contributed by atoms with Crippen molar-refractivity contribution in [3.63, 3.8) is 0 Å². The summed E-state index contributed by atoms with van der Waals surface area (Å²) in [5.41, 5.74) is -3.17. The van der Waals surface area contributed by atoms with E-state index in [0.29, 0.717) is 17.6 Å². The molecule has 7 nitrogen and oxygen atoms in total. The first kappa shape index (κ1) is 27.7. The topological polar surface area (TPSA) is 97.3 Å². The van der Waals surface area contributed by atoms with Crippen LogP contribution in [0.25, 0.3) is 10.9 Å². The molecule has 202 valence electrons. The Hall–Kier alpha value is -3.37.